The summed E-state index contributed by atoms with van der Waals surface area (Å²) in [7, 11) is 0. The molecule has 130 valence electrons. The smallest absolute Gasteiger partial charge is 0.409 e. The van der Waals surface area contributed by atoms with Crippen LogP contribution >= 0.6 is 0 Å². The number of nitrogens with zero attached hydrogens (tertiary/aromatic N) is 1. The fourth-order valence-corrected chi connectivity index (χ4v) is 3.62. The van der Waals surface area contributed by atoms with E-state index in [0.29, 0.717) is 26.1 Å². The molecule has 2 amide bonds. The molecule has 1 heterocycles. The van der Waals surface area contributed by atoms with Gasteiger partial charge in [-0.3, -0.25) is 4.79 Å². The van der Waals surface area contributed by atoms with Crippen LogP contribution in [0.25, 0.3) is 0 Å². The number of hydrogen-bond donors (Lipinski definition) is 1. The highest BCUT2D eigenvalue weighted by Crippen LogP contribution is 2.23. The summed E-state index contributed by atoms with van der Waals surface area (Å²) in [6.07, 6.45) is 5.29. The minimum Gasteiger partial charge on any atom is -0.450 e. The van der Waals surface area contributed by atoms with Crippen LogP contribution in [0.5, 0.6) is 0 Å². The van der Waals surface area contributed by atoms with Gasteiger partial charge in [0, 0.05) is 19.1 Å². The number of rotatable bonds is 4. The fourth-order valence-electron chi connectivity index (χ4n) is 3.62. The molecule has 0 saturated carbocycles. The van der Waals surface area contributed by atoms with Gasteiger partial charge in [-0.1, -0.05) is 18.2 Å². The van der Waals surface area contributed by atoms with Gasteiger partial charge in [-0.2, -0.15) is 0 Å². The molecule has 1 aliphatic heterocycles. The molecule has 2 aliphatic rings. The van der Waals surface area contributed by atoms with E-state index < -0.39 is 0 Å². The molecule has 0 unspecified atom stereocenters. The van der Waals surface area contributed by atoms with E-state index in [2.05, 4.69) is 23.5 Å². The first-order chi connectivity index (χ1) is 11.7. The van der Waals surface area contributed by atoms with Gasteiger partial charge in [0.05, 0.1) is 13.0 Å². The van der Waals surface area contributed by atoms with E-state index in [-0.39, 0.29) is 18.0 Å². The number of amides is 2. The van der Waals surface area contributed by atoms with Crippen molar-refractivity contribution < 1.29 is 14.3 Å². The van der Waals surface area contributed by atoms with Crippen molar-refractivity contribution in [2.24, 2.45) is 0 Å². The van der Waals surface area contributed by atoms with E-state index in [0.717, 1.165) is 24.8 Å². The van der Waals surface area contributed by atoms with Crippen LogP contribution < -0.4 is 5.32 Å². The molecular weight excluding hydrogens is 304 g/mol. The summed E-state index contributed by atoms with van der Waals surface area (Å²) >= 11 is 0. The molecule has 24 heavy (non-hydrogen) atoms. The Morgan fingerprint density at radius 2 is 1.96 bits per heavy atom. The lowest BCUT2D eigenvalue weighted by molar-refractivity contribution is -0.121. The predicted octanol–water partition coefficient (Wildman–Crippen LogP) is 2.45. The number of carbonyl (C=O) groups excluding carboxylic acids is 2. The van der Waals surface area contributed by atoms with Crippen LogP contribution in [0.2, 0.25) is 0 Å². The zero-order chi connectivity index (χ0) is 16.9. The highest BCUT2D eigenvalue weighted by atomic mass is 16.6. The summed E-state index contributed by atoms with van der Waals surface area (Å²) in [5.74, 6) is 0.0718. The Balaban J connectivity index is 1.45. The number of ether oxygens (including phenoxy) is 1. The summed E-state index contributed by atoms with van der Waals surface area (Å²) in [4.78, 5) is 25.7. The SMILES string of the molecule is CCOC(=O)N1CCC(NC(=O)Cc2ccc3c(c2)CCC3)CC1. The van der Waals surface area contributed by atoms with Crippen molar-refractivity contribution in [3.05, 3.63) is 34.9 Å². The predicted molar refractivity (Wildman–Crippen MR) is 91.9 cm³/mol. The number of carbonyl (C=O) groups is 2. The van der Waals surface area contributed by atoms with Crippen molar-refractivity contribution >= 4 is 12.0 Å². The van der Waals surface area contributed by atoms with Gasteiger partial charge in [-0.05, 0) is 55.7 Å². The van der Waals surface area contributed by atoms with E-state index >= 15 is 0 Å². The lowest BCUT2D eigenvalue weighted by atomic mass is 10.0. The Kier molecular flexibility index (Phi) is 5.38. The van der Waals surface area contributed by atoms with Gasteiger partial charge in [-0.25, -0.2) is 4.79 Å². The molecule has 5 heteroatoms. The highest BCUT2D eigenvalue weighted by Gasteiger charge is 2.24. The maximum Gasteiger partial charge on any atom is 0.409 e. The molecule has 0 aromatic heterocycles. The molecule has 1 aromatic carbocycles. The normalized spacial score (nSPS) is 17.5. The monoisotopic (exact) mass is 330 g/mol. The van der Waals surface area contributed by atoms with Gasteiger partial charge < -0.3 is 15.0 Å². The van der Waals surface area contributed by atoms with Crippen LogP contribution in [0, 0.1) is 0 Å². The first kappa shape index (κ1) is 16.8. The maximum atomic E-state index is 12.3. The van der Waals surface area contributed by atoms with E-state index in [9.17, 15) is 9.59 Å². The molecule has 1 aliphatic carbocycles. The summed E-state index contributed by atoms with van der Waals surface area (Å²) in [6, 6.07) is 6.58. The summed E-state index contributed by atoms with van der Waals surface area (Å²) < 4.78 is 5.01. The quantitative estimate of drug-likeness (QED) is 0.922. The van der Waals surface area contributed by atoms with Crippen molar-refractivity contribution in [1.29, 1.82) is 0 Å². The molecule has 0 bridgehead atoms. The molecule has 0 atom stereocenters. The minimum atomic E-state index is -0.250. The van der Waals surface area contributed by atoms with Crippen molar-refractivity contribution in [3.8, 4) is 0 Å². The van der Waals surface area contributed by atoms with E-state index in [1.54, 1.807) is 4.90 Å². The molecule has 5 nitrogen and oxygen atoms in total. The average Bonchev–Trinajstić information content (AvgIpc) is 3.03. The number of benzene rings is 1. The Labute approximate surface area is 143 Å². The number of aryl methyl sites for hydroxylation is 2. The largest absolute Gasteiger partial charge is 0.450 e. The first-order valence-corrected chi connectivity index (χ1v) is 8.97. The highest BCUT2D eigenvalue weighted by molar-refractivity contribution is 5.79. The average molecular weight is 330 g/mol. The second kappa shape index (κ2) is 7.69. The van der Waals surface area contributed by atoms with Crippen molar-refractivity contribution in [1.82, 2.24) is 10.2 Å². The van der Waals surface area contributed by atoms with Crippen LogP contribution in [0.4, 0.5) is 4.79 Å². The number of hydrogen-bond acceptors (Lipinski definition) is 3. The Bertz CT molecular complexity index is 607. The van der Waals surface area contributed by atoms with E-state index in [1.165, 1.54) is 24.0 Å². The van der Waals surface area contributed by atoms with Gasteiger partial charge in [0.2, 0.25) is 5.91 Å². The minimum absolute atomic E-state index is 0.0718. The lowest BCUT2D eigenvalue weighted by Gasteiger charge is -2.31. The van der Waals surface area contributed by atoms with Crippen LogP contribution in [-0.4, -0.2) is 42.6 Å². The van der Waals surface area contributed by atoms with E-state index in [4.69, 9.17) is 4.74 Å². The van der Waals surface area contributed by atoms with Gasteiger partial charge in [0.1, 0.15) is 0 Å². The molecule has 1 fully saturated rings. The fraction of sp³-hybridized carbons (Fsp3) is 0.579. The summed E-state index contributed by atoms with van der Waals surface area (Å²) in [6.45, 7) is 3.49. The Hall–Kier alpha value is -2.04. The van der Waals surface area contributed by atoms with Crippen molar-refractivity contribution in [2.45, 2.75) is 51.5 Å². The van der Waals surface area contributed by atoms with Crippen molar-refractivity contribution in [2.75, 3.05) is 19.7 Å². The van der Waals surface area contributed by atoms with Gasteiger partial charge in [-0.15, -0.1) is 0 Å². The molecule has 0 radical (unpaired) electrons. The zero-order valence-corrected chi connectivity index (χ0v) is 14.3. The third kappa shape index (κ3) is 4.08. The van der Waals surface area contributed by atoms with E-state index in [1.807, 2.05) is 6.92 Å². The van der Waals surface area contributed by atoms with Gasteiger partial charge in [0.25, 0.3) is 0 Å². The third-order valence-electron chi connectivity index (χ3n) is 4.91. The zero-order valence-electron chi connectivity index (χ0n) is 14.3. The van der Waals surface area contributed by atoms with Gasteiger partial charge >= 0.3 is 6.09 Å². The number of nitrogens with one attached hydrogen (secondary N) is 1. The maximum absolute atomic E-state index is 12.3. The molecule has 1 saturated heterocycles. The van der Waals surface area contributed by atoms with Crippen LogP contribution in [-0.2, 0) is 28.8 Å². The van der Waals surface area contributed by atoms with Crippen molar-refractivity contribution in [3.63, 3.8) is 0 Å². The molecule has 1 aromatic rings. The summed E-state index contributed by atoms with van der Waals surface area (Å²) in [5.41, 5.74) is 3.94. The van der Waals surface area contributed by atoms with Crippen LogP contribution in [0.1, 0.15) is 42.9 Å². The van der Waals surface area contributed by atoms with Gasteiger partial charge in [0.15, 0.2) is 0 Å². The molecule has 1 N–H and O–H groups in total. The lowest BCUT2D eigenvalue weighted by Crippen LogP contribution is -2.47. The first-order valence-electron chi connectivity index (χ1n) is 8.97. The molecular formula is C19H26N2O3. The second-order valence-electron chi connectivity index (χ2n) is 6.66. The van der Waals surface area contributed by atoms with Crippen LogP contribution in [0.15, 0.2) is 18.2 Å². The number of fused-ring (bicyclic) bond motifs is 1. The third-order valence-corrected chi connectivity index (χ3v) is 4.91. The molecule has 0 spiro atoms. The second-order valence-corrected chi connectivity index (χ2v) is 6.66. The topological polar surface area (TPSA) is 58.6 Å². The van der Waals surface area contributed by atoms with Crippen LogP contribution in [0.3, 0.4) is 0 Å². The standard InChI is InChI=1S/C19H26N2O3/c1-2-24-19(23)21-10-8-17(9-11-21)20-18(22)13-14-6-7-15-4-3-5-16(15)12-14/h6-7,12,17H,2-5,8-11,13H2,1H3,(H,20,22). The Morgan fingerprint density at radius 3 is 2.71 bits per heavy atom. The molecule has 3 rings (SSSR count). The number of likely N-dealkylation sites (tertiary alicyclic amines) is 1. The summed E-state index contributed by atoms with van der Waals surface area (Å²) in [5, 5.41) is 3.11. The Morgan fingerprint density at radius 1 is 1.21 bits per heavy atom. The number of piperidine rings is 1.